The van der Waals surface area contributed by atoms with Crippen LogP contribution in [0.3, 0.4) is 0 Å². The molecule has 2 aromatic heterocycles. The van der Waals surface area contributed by atoms with E-state index in [1.807, 2.05) is 0 Å². The Balaban J connectivity index is 2.73. The summed E-state index contributed by atoms with van der Waals surface area (Å²) < 4.78 is 39.5. The van der Waals surface area contributed by atoms with Gasteiger partial charge in [-0.2, -0.15) is 13.2 Å². The van der Waals surface area contributed by atoms with Crippen LogP contribution >= 0.6 is 0 Å². The molecule has 0 saturated carbocycles. The fourth-order valence-corrected chi connectivity index (χ4v) is 1.86. The highest BCUT2D eigenvalue weighted by atomic mass is 19.4. The lowest BCUT2D eigenvalue weighted by molar-refractivity contribution is -0.141. The van der Waals surface area contributed by atoms with Crippen LogP contribution in [0.5, 0.6) is 0 Å². The second kappa shape index (κ2) is 4.24. The van der Waals surface area contributed by atoms with E-state index in [-0.39, 0.29) is 18.8 Å². The van der Waals surface area contributed by atoms with Crippen molar-refractivity contribution in [3.63, 3.8) is 0 Å². The number of fused-ring (bicyclic) bond motifs is 1. The Bertz CT molecular complexity index is 589. The van der Waals surface area contributed by atoms with Crippen molar-refractivity contribution in [2.45, 2.75) is 26.6 Å². The minimum absolute atomic E-state index is 0.161. The van der Waals surface area contributed by atoms with Gasteiger partial charge in [0.05, 0.1) is 6.61 Å². The summed E-state index contributed by atoms with van der Waals surface area (Å²) in [5.41, 5.74) is 0.0847. The van der Waals surface area contributed by atoms with E-state index in [2.05, 4.69) is 9.97 Å². The van der Waals surface area contributed by atoms with Crippen LogP contribution in [-0.4, -0.2) is 26.2 Å². The zero-order valence-electron chi connectivity index (χ0n) is 9.91. The SMILES string of the molecule is Cc1cc(C(F)(F)F)nc2c1nc(C)n2CCO. The third-order valence-corrected chi connectivity index (χ3v) is 2.70. The van der Waals surface area contributed by atoms with Crippen LogP contribution in [-0.2, 0) is 12.7 Å². The summed E-state index contributed by atoms with van der Waals surface area (Å²) in [6, 6.07) is 0.984. The fraction of sp³-hybridized carbons (Fsp3) is 0.455. The molecular formula is C11H12F3N3O. The Hall–Kier alpha value is -1.63. The number of halogens is 3. The standard InChI is InChI=1S/C11H12F3N3O/c1-6-5-8(11(12,13)14)16-10-9(6)15-7(2)17(10)3-4-18/h5,18H,3-4H2,1-2H3. The topological polar surface area (TPSA) is 50.9 Å². The number of aromatic nitrogens is 3. The molecule has 18 heavy (non-hydrogen) atoms. The van der Waals surface area contributed by atoms with Gasteiger partial charge in [-0.05, 0) is 25.5 Å². The van der Waals surface area contributed by atoms with Crippen molar-refractivity contribution >= 4 is 11.2 Å². The second-order valence-corrected chi connectivity index (χ2v) is 4.03. The van der Waals surface area contributed by atoms with Crippen molar-refractivity contribution in [2.75, 3.05) is 6.61 Å². The van der Waals surface area contributed by atoms with Crippen molar-refractivity contribution in [3.05, 3.63) is 23.1 Å². The summed E-state index contributed by atoms with van der Waals surface area (Å²) in [5, 5.41) is 8.92. The number of imidazole rings is 1. The Morgan fingerprint density at radius 2 is 1.94 bits per heavy atom. The van der Waals surface area contributed by atoms with Crippen LogP contribution < -0.4 is 0 Å². The minimum atomic E-state index is -4.48. The lowest BCUT2D eigenvalue weighted by Crippen LogP contribution is -2.11. The van der Waals surface area contributed by atoms with E-state index >= 15 is 0 Å². The highest BCUT2D eigenvalue weighted by molar-refractivity contribution is 5.76. The van der Waals surface area contributed by atoms with Crippen LogP contribution in [0.25, 0.3) is 11.2 Å². The molecule has 2 heterocycles. The van der Waals surface area contributed by atoms with Gasteiger partial charge in [0.1, 0.15) is 17.0 Å². The van der Waals surface area contributed by atoms with E-state index in [4.69, 9.17) is 5.11 Å². The number of aliphatic hydroxyl groups is 1. The van der Waals surface area contributed by atoms with Crippen molar-refractivity contribution in [2.24, 2.45) is 0 Å². The van der Waals surface area contributed by atoms with Gasteiger partial charge in [-0.1, -0.05) is 0 Å². The molecule has 2 aromatic rings. The summed E-state index contributed by atoms with van der Waals surface area (Å²) >= 11 is 0. The van der Waals surface area contributed by atoms with Gasteiger partial charge < -0.3 is 9.67 Å². The van der Waals surface area contributed by atoms with E-state index in [1.54, 1.807) is 13.8 Å². The summed E-state index contributed by atoms with van der Waals surface area (Å²) in [6.07, 6.45) is -4.48. The molecular weight excluding hydrogens is 247 g/mol. The summed E-state index contributed by atoms with van der Waals surface area (Å²) in [4.78, 5) is 7.79. The predicted molar refractivity (Wildman–Crippen MR) is 59.1 cm³/mol. The minimum Gasteiger partial charge on any atom is -0.395 e. The van der Waals surface area contributed by atoms with Gasteiger partial charge in [-0.25, -0.2) is 9.97 Å². The maximum atomic E-state index is 12.7. The van der Waals surface area contributed by atoms with Gasteiger partial charge in [0.25, 0.3) is 0 Å². The molecule has 0 aromatic carbocycles. The first-order valence-electron chi connectivity index (χ1n) is 5.37. The molecule has 0 saturated heterocycles. The molecule has 0 aliphatic heterocycles. The second-order valence-electron chi connectivity index (χ2n) is 4.03. The summed E-state index contributed by atoms with van der Waals surface area (Å²) in [7, 11) is 0. The van der Waals surface area contributed by atoms with E-state index in [9.17, 15) is 13.2 Å². The Morgan fingerprint density at radius 1 is 1.28 bits per heavy atom. The average Bonchev–Trinajstić information content (AvgIpc) is 2.56. The average molecular weight is 259 g/mol. The van der Waals surface area contributed by atoms with Crippen molar-refractivity contribution in [1.82, 2.24) is 14.5 Å². The van der Waals surface area contributed by atoms with E-state index in [1.165, 1.54) is 4.57 Å². The maximum absolute atomic E-state index is 12.7. The number of hydrogen-bond acceptors (Lipinski definition) is 3. The molecule has 0 aliphatic carbocycles. The molecule has 0 unspecified atom stereocenters. The molecule has 0 amide bonds. The van der Waals surface area contributed by atoms with Gasteiger partial charge in [0, 0.05) is 6.54 Å². The third-order valence-electron chi connectivity index (χ3n) is 2.70. The molecule has 98 valence electrons. The summed E-state index contributed by atoms with van der Waals surface area (Å²) in [6.45, 7) is 3.23. The highest BCUT2D eigenvalue weighted by Gasteiger charge is 2.33. The van der Waals surface area contributed by atoms with Gasteiger partial charge in [-0.3, -0.25) is 0 Å². The van der Waals surface area contributed by atoms with Crippen LogP contribution in [0, 0.1) is 13.8 Å². The molecule has 0 radical (unpaired) electrons. The fourth-order valence-electron chi connectivity index (χ4n) is 1.86. The molecule has 0 atom stereocenters. The van der Waals surface area contributed by atoms with Crippen LogP contribution in [0.1, 0.15) is 17.1 Å². The molecule has 1 N–H and O–H groups in total. The number of aliphatic hydroxyl groups excluding tert-OH is 1. The van der Waals surface area contributed by atoms with Crippen LogP contribution in [0.15, 0.2) is 6.07 Å². The normalized spacial score (nSPS) is 12.3. The van der Waals surface area contributed by atoms with E-state index < -0.39 is 11.9 Å². The molecule has 0 aliphatic rings. The molecule has 0 fully saturated rings. The van der Waals surface area contributed by atoms with Gasteiger partial charge in [0.2, 0.25) is 0 Å². The van der Waals surface area contributed by atoms with E-state index in [0.29, 0.717) is 16.9 Å². The number of rotatable bonds is 2. The van der Waals surface area contributed by atoms with Gasteiger partial charge >= 0.3 is 6.18 Å². The summed E-state index contributed by atoms with van der Waals surface area (Å²) in [5.74, 6) is 0.536. The number of alkyl halides is 3. The molecule has 4 nitrogen and oxygen atoms in total. The molecule has 0 bridgehead atoms. The first-order chi connectivity index (χ1) is 8.34. The van der Waals surface area contributed by atoms with Crippen LogP contribution in [0.4, 0.5) is 13.2 Å². The molecule has 7 heteroatoms. The predicted octanol–water partition coefficient (Wildman–Crippen LogP) is 2.06. The molecule has 0 spiro atoms. The lowest BCUT2D eigenvalue weighted by atomic mass is 10.2. The first kappa shape index (κ1) is 12.8. The van der Waals surface area contributed by atoms with Gasteiger partial charge in [0.15, 0.2) is 5.65 Å². The van der Waals surface area contributed by atoms with Gasteiger partial charge in [-0.15, -0.1) is 0 Å². The number of pyridine rings is 1. The first-order valence-corrected chi connectivity index (χ1v) is 5.37. The lowest BCUT2D eigenvalue weighted by Gasteiger charge is -2.08. The quantitative estimate of drug-likeness (QED) is 0.898. The maximum Gasteiger partial charge on any atom is 0.433 e. The molecule has 2 rings (SSSR count). The third kappa shape index (κ3) is 2.05. The van der Waals surface area contributed by atoms with E-state index in [0.717, 1.165) is 6.07 Å². The Kier molecular flexibility index (Phi) is 3.02. The monoisotopic (exact) mass is 259 g/mol. The van der Waals surface area contributed by atoms with Crippen molar-refractivity contribution < 1.29 is 18.3 Å². The Labute approximate surface area is 101 Å². The zero-order chi connectivity index (χ0) is 13.5. The largest absolute Gasteiger partial charge is 0.433 e. The van der Waals surface area contributed by atoms with Crippen molar-refractivity contribution in [3.8, 4) is 0 Å². The highest BCUT2D eigenvalue weighted by Crippen LogP contribution is 2.30. The Morgan fingerprint density at radius 3 is 2.50 bits per heavy atom. The number of aryl methyl sites for hydroxylation is 2. The van der Waals surface area contributed by atoms with Crippen LogP contribution in [0.2, 0.25) is 0 Å². The number of hydrogen-bond donors (Lipinski definition) is 1. The van der Waals surface area contributed by atoms with Crippen molar-refractivity contribution in [1.29, 1.82) is 0 Å². The smallest absolute Gasteiger partial charge is 0.395 e. The number of nitrogens with zero attached hydrogens (tertiary/aromatic N) is 3. The zero-order valence-corrected chi connectivity index (χ0v) is 9.91.